The van der Waals surface area contributed by atoms with E-state index in [2.05, 4.69) is 11.2 Å². The molecule has 0 spiro atoms. The summed E-state index contributed by atoms with van der Waals surface area (Å²) in [5, 5.41) is 15.3. The molecule has 1 atom stereocenters. The number of fused-ring (bicyclic) bond motifs is 1. The molecule has 2 aromatic carbocycles. The second-order valence-electron chi connectivity index (χ2n) is 6.19. The van der Waals surface area contributed by atoms with Gasteiger partial charge in [0.05, 0.1) is 11.0 Å². The maximum atomic E-state index is 13.0. The highest BCUT2D eigenvalue weighted by Crippen LogP contribution is 2.30. The molecular weight excluding hydrogens is 332 g/mol. The zero-order valence-electron chi connectivity index (χ0n) is 13.9. The highest BCUT2D eigenvalue weighted by Gasteiger charge is 2.30. The summed E-state index contributed by atoms with van der Waals surface area (Å²) in [6, 6.07) is 15.6. The number of aromatic nitrogens is 2. The number of nitrogens with zero attached hydrogens (tertiary/aromatic N) is 4. The number of nitro groups is 1. The Balaban J connectivity index is 1.69. The lowest BCUT2D eigenvalue weighted by Gasteiger charge is -2.34. The summed E-state index contributed by atoms with van der Waals surface area (Å²) < 4.78 is 1.84. The third-order valence-electron chi connectivity index (χ3n) is 4.60. The second kappa shape index (κ2) is 6.44. The van der Waals surface area contributed by atoms with Crippen LogP contribution in [0.25, 0.3) is 0 Å². The Kier molecular flexibility index (Phi) is 3.96. The summed E-state index contributed by atoms with van der Waals surface area (Å²) in [6.07, 6.45) is 3.59. The van der Waals surface area contributed by atoms with E-state index in [0.29, 0.717) is 18.7 Å². The van der Waals surface area contributed by atoms with Gasteiger partial charge in [-0.1, -0.05) is 30.3 Å². The molecule has 7 heteroatoms. The standard InChI is InChI=1S/C19H16N4O3/c24-19(14-6-3-7-16(11-14)23(25)26)21-12-15-5-1-2-8-17(15)18(13-21)22-10-4-9-20-22/h1-11,18H,12-13H2/t18-/m0/s1. The van der Waals surface area contributed by atoms with Crippen LogP contribution >= 0.6 is 0 Å². The highest BCUT2D eigenvalue weighted by molar-refractivity contribution is 5.95. The van der Waals surface area contributed by atoms with Gasteiger partial charge in [-0.15, -0.1) is 0 Å². The van der Waals surface area contributed by atoms with Crippen LogP contribution in [0.15, 0.2) is 67.0 Å². The van der Waals surface area contributed by atoms with Crippen molar-refractivity contribution < 1.29 is 9.72 Å². The van der Waals surface area contributed by atoms with Crippen molar-refractivity contribution in [1.82, 2.24) is 14.7 Å². The number of benzene rings is 2. The van der Waals surface area contributed by atoms with E-state index in [1.165, 1.54) is 18.2 Å². The number of nitro benzene ring substituents is 1. The molecule has 7 nitrogen and oxygen atoms in total. The average Bonchev–Trinajstić information content (AvgIpc) is 3.21. The van der Waals surface area contributed by atoms with Crippen LogP contribution in [-0.2, 0) is 6.54 Å². The monoisotopic (exact) mass is 348 g/mol. The fourth-order valence-corrected chi connectivity index (χ4v) is 3.36. The molecule has 2 heterocycles. The van der Waals surface area contributed by atoms with Gasteiger partial charge in [0.25, 0.3) is 11.6 Å². The third kappa shape index (κ3) is 2.83. The van der Waals surface area contributed by atoms with Crippen molar-refractivity contribution in [1.29, 1.82) is 0 Å². The van der Waals surface area contributed by atoms with Gasteiger partial charge in [0.1, 0.15) is 0 Å². The summed E-state index contributed by atoms with van der Waals surface area (Å²) in [6.45, 7) is 0.926. The Hall–Kier alpha value is -3.48. The molecule has 1 aliphatic rings. The van der Waals surface area contributed by atoms with Crippen molar-refractivity contribution in [3.63, 3.8) is 0 Å². The van der Waals surface area contributed by atoms with Gasteiger partial charge in [-0.05, 0) is 23.3 Å². The molecule has 0 radical (unpaired) electrons. The molecule has 3 aromatic rings. The molecule has 0 saturated carbocycles. The lowest BCUT2D eigenvalue weighted by atomic mass is 9.95. The van der Waals surface area contributed by atoms with Crippen LogP contribution in [0.5, 0.6) is 0 Å². The summed E-state index contributed by atoms with van der Waals surface area (Å²) in [4.78, 5) is 25.2. The molecule has 0 bridgehead atoms. The minimum Gasteiger partial charge on any atom is -0.332 e. The molecule has 0 aliphatic carbocycles. The molecule has 0 fully saturated rings. The molecule has 0 N–H and O–H groups in total. The van der Waals surface area contributed by atoms with Crippen molar-refractivity contribution in [2.45, 2.75) is 12.6 Å². The van der Waals surface area contributed by atoms with Crippen LogP contribution in [0.2, 0.25) is 0 Å². The minimum atomic E-state index is -0.491. The quantitative estimate of drug-likeness (QED) is 0.538. The van der Waals surface area contributed by atoms with Crippen LogP contribution in [-0.4, -0.2) is 32.1 Å². The Morgan fingerprint density at radius 3 is 2.77 bits per heavy atom. The van der Waals surface area contributed by atoms with Crippen molar-refractivity contribution >= 4 is 11.6 Å². The van der Waals surface area contributed by atoms with Crippen molar-refractivity contribution in [3.8, 4) is 0 Å². The first-order valence-electron chi connectivity index (χ1n) is 8.24. The highest BCUT2D eigenvalue weighted by atomic mass is 16.6. The van der Waals surface area contributed by atoms with E-state index < -0.39 is 4.92 Å². The predicted octanol–water partition coefficient (Wildman–Crippen LogP) is 3.04. The maximum Gasteiger partial charge on any atom is 0.270 e. The smallest absolute Gasteiger partial charge is 0.270 e. The minimum absolute atomic E-state index is 0.0856. The third-order valence-corrected chi connectivity index (χ3v) is 4.60. The largest absolute Gasteiger partial charge is 0.332 e. The van der Waals surface area contributed by atoms with Gasteiger partial charge in [0, 0.05) is 43.2 Å². The van der Waals surface area contributed by atoms with Crippen LogP contribution in [0.3, 0.4) is 0 Å². The van der Waals surface area contributed by atoms with E-state index in [-0.39, 0.29) is 17.6 Å². The maximum absolute atomic E-state index is 13.0. The van der Waals surface area contributed by atoms with Crippen molar-refractivity contribution in [2.24, 2.45) is 0 Å². The normalized spacial score (nSPS) is 16.2. The number of amides is 1. The number of non-ortho nitro benzene ring substituents is 1. The Labute approximate surface area is 149 Å². The topological polar surface area (TPSA) is 81.3 Å². The Bertz CT molecular complexity index is 968. The fourth-order valence-electron chi connectivity index (χ4n) is 3.36. The van der Waals surface area contributed by atoms with Crippen LogP contribution in [0.1, 0.15) is 27.5 Å². The second-order valence-corrected chi connectivity index (χ2v) is 6.19. The van der Waals surface area contributed by atoms with E-state index in [9.17, 15) is 14.9 Å². The van der Waals surface area contributed by atoms with Gasteiger partial charge >= 0.3 is 0 Å². The predicted molar refractivity (Wildman–Crippen MR) is 94.6 cm³/mol. The van der Waals surface area contributed by atoms with Crippen LogP contribution < -0.4 is 0 Å². The summed E-state index contributed by atoms with van der Waals surface area (Å²) >= 11 is 0. The lowest BCUT2D eigenvalue weighted by molar-refractivity contribution is -0.384. The molecule has 4 rings (SSSR count). The zero-order valence-corrected chi connectivity index (χ0v) is 13.9. The SMILES string of the molecule is O=C(c1cccc([N+](=O)[O-])c1)N1Cc2ccccc2[C@@H](n2cccn2)C1. The number of carbonyl (C=O) groups is 1. The first-order valence-corrected chi connectivity index (χ1v) is 8.24. The number of rotatable bonds is 3. The van der Waals surface area contributed by atoms with E-state index in [0.717, 1.165) is 11.1 Å². The van der Waals surface area contributed by atoms with Gasteiger partial charge < -0.3 is 4.90 Å². The van der Waals surface area contributed by atoms with Gasteiger partial charge in [0.15, 0.2) is 0 Å². The first kappa shape index (κ1) is 16.0. The van der Waals surface area contributed by atoms with Gasteiger partial charge in [-0.25, -0.2) is 0 Å². The van der Waals surface area contributed by atoms with Crippen molar-refractivity contribution in [2.75, 3.05) is 6.54 Å². The summed E-state index contributed by atoms with van der Waals surface area (Å²) in [5.41, 5.74) is 2.42. The number of carbonyl (C=O) groups excluding carboxylic acids is 1. The molecule has 1 aromatic heterocycles. The van der Waals surface area contributed by atoms with Gasteiger partial charge in [-0.3, -0.25) is 19.6 Å². The van der Waals surface area contributed by atoms with Gasteiger partial charge in [-0.2, -0.15) is 5.10 Å². The van der Waals surface area contributed by atoms with Gasteiger partial charge in [0.2, 0.25) is 0 Å². The molecule has 1 aliphatic heterocycles. The van der Waals surface area contributed by atoms with E-state index in [1.807, 2.05) is 35.1 Å². The Morgan fingerprint density at radius 1 is 1.15 bits per heavy atom. The molecule has 130 valence electrons. The number of hydrogen-bond acceptors (Lipinski definition) is 4. The fraction of sp³-hybridized carbons (Fsp3) is 0.158. The Morgan fingerprint density at radius 2 is 2.00 bits per heavy atom. The molecule has 26 heavy (non-hydrogen) atoms. The van der Waals surface area contributed by atoms with E-state index >= 15 is 0 Å². The molecule has 0 saturated heterocycles. The zero-order chi connectivity index (χ0) is 18.1. The summed E-state index contributed by atoms with van der Waals surface area (Å²) in [7, 11) is 0. The van der Waals surface area contributed by atoms with E-state index in [1.54, 1.807) is 17.2 Å². The molecule has 0 unspecified atom stereocenters. The average molecular weight is 348 g/mol. The van der Waals surface area contributed by atoms with Crippen LogP contribution in [0, 0.1) is 10.1 Å². The lowest BCUT2D eigenvalue weighted by Crippen LogP contribution is -2.40. The number of hydrogen-bond donors (Lipinski definition) is 0. The first-order chi connectivity index (χ1) is 12.6. The van der Waals surface area contributed by atoms with Crippen molar-refractivity contribution in [3.05, 3.63) is 93.8 Å². The summed E-state index contributed by atoms with van der Waals surface area (Å²) in [5.74, 6) is -0.222. The van der Waals surface area contributed by atoms with Crippen LogP contribution in [0.4, 0.5) is 5.69 Å². The molecular formula is C19H16N4O3. The van der Waals surface area contributed by atoms with E-state index in [4.69, 9.17) is 0 Å². The molecule has 1 amide bonds.